The van der Waals surface area contributed by atoms with Crippen LogP contribution in [0.1, 0.15) is 49.0 Å². The van der Waals surface area contributed by atoms with Gasteiger partial charge in [0.1, 0.15) is 0 Å². The smallest absolute Gasteiger partial charge is 0.254 e. The summed E-state index contributed by atoms with van der Waals surface area (Å²) in [7, 11) is 0. The molecule has 0 heterocycles. The summed E-state index contributed by atoms with van der Waals surface area (Å²) >= 11 is 0. The number of benzene rings is 1. The Balaban J connectivity index is 0.00000200. The van der Waals surface area contributed by atoms with E-state index in [4.69, 9.17) is 5.73 Å². The number of halogens is 1. The SMILES string of the molecule is Cc1ccc(N)cc1C(=O)N(CCC(C)C)C1CC1.Cl. The number of hydrogen-bond acceptors (Lipinski definition) is 2. The standard InChI is InChI=1S/C16H24N2O.ClH/c1-11(2)8-9-18(14-6-7-14)16(19)15-10-13(17)5-4-12(15)3;/h4-5,10-11,14H,6-9,17H2,1-3H3;1H. The van der Waals surface area contributed by atoms with E-state index < -0.39 is 0 Å². The van der Waals surface area contributed by atoms with Crippen molar-refractivity contribution >= 4 is 24.0 Å². The van der Waals surface area contributed by atoms with Gasteiger partial charge in [0.15, 0.2) is 0 Å². The Bertz CT molecular complexity index is 470. The fraction of sp³-hybridized carbons (Fsp3) is 0.562. The molecule has 0 spiro atoms. The second-order valence-corrected chi connectivity index (χ2v) is 5.99. The molecular formula is C16H25ClN2O. The van der Waals surface area contributed by atoms with Gasteiger partial charge in [-0.15, -0.1) is 12.4 Å². The van der Waals surface area contributed by atoms with Crippen molar-refractivity contribution in [3.63, 3.8) is 0 Å². The average molecular weight is 297 g/mol. The van der Waals surface area contributed by atoms with Crippen molar-refractivity contribution in [3.8, 4) is 0 Å². The molecule has 1 saturated carbocycles. The third kappa shape index (κ3) is 4.14. The molecule has 1 fully saturated rings. The van der Waals surface area contributed by atoms with Gasteiger partial charge >= 0.3 is 0 Å². The molecule has 1 aliphatic carbocycles. The number of nitrogens with two attached hydrogens (primary N) is 1. The van der Waals surface area contributed by atoms with Crippen LogP contribution < -0.4 is 5.73 Å². The molecule has 3 nitrogen and oxygen atoms in total. The predicted octanol–water partition coefficient (Wildman–Crippen LogP) is 3.65. The van der Waals surface area contributed by atoms with E-state index in [1.165, 1.54) is 0 Å². The van der Waals surface area contributed by atoms with Crippen LogP contribution >= 0.6 is 12.4 Å². The lowest BCUT2D eigenvalue weighted by Crippen LogP contribution is -2.35. The molecular weight excluding hydrogens is 272 g/mol. The van der Waals surface area contributed by atoms with Crippen LogP contribution in [0.5, 0.6) is 0 Å². The molecule has 2 N–H and O–H groups in total. The maximum absolute atomic E-state index is 12.7. The maximum atomic E-state index is 12.7. The average Bonchev–Trinajstić information content (AvgIpc) is 3.16. The van der Waals surface area contributed by atoms with Gasteiger partial charge in [0.2, 0.25) is 0 Å². The van der Waals surface area contributed by atoms with Crippen LogP contribution in [0, 0.1) is 12.8 Å². The number of carbonyl (C=O) groups is 1. The van der Waals surface area contributed by atoms with Gasteiger partial charge < -0.3 is 10.6 Å². The number of anilines is 1. The number of carbonyl (C=O) groups excluding carboxylic acids is 1. The Hall–Kier alpha value is -1.22. The van der Waals surface area contributed by atoms with Crippen molar-refractivity contribution in [1.29, 1.82) is 0 Å². The van der Waals surface area contributed by atoms with Crippen LogP contribution in [0.2, 0.25) is 0 Å². The Morgan fingerprint density at radius 3 is 2.60 bits per heavy atom. The first-order valence-electron chi connectivity index (χ1n) is 7.16. The van der Waals surface area contributed by atoms with Crippen molar-refractivity contribution in [3.05, 3.63) is 29.3 Å². The highest BCUT2D eigenvalue weighted by atomic mass is 35.5. The van der Waals surface area contributed by atoms with Crippen LogP contribution in [0.3, 0.4) is 0 Å². The van der Waals surface area contributed by atoms with Crippen LogP contribution in [0.15, 0.2) is 18.2 Å². The summed E-state index contributed by atoms with van der Waals surface area (Å²) in [5.74, 6) is 0.768. The summed E-state index contributed by atoms with van der Waals surface area (Å²) < 4.78 is 0. The molecule has 2 rings (SSSR count). The van der Waals surface area contributed by atoms with E-state index in [2.05, 4.69) is 13.8 Å². The number of amides is 1. The van der Waals surface area contributed by atoms with E-state index in [1.54, 1.807) is 0 Å². The minimum absolute atomic E-state index is 0. The molecule has 1 amide bonds. The molecule has 0 saturated heterocycles. The Labute approximate surface area is 127 Å². The van der Waals surface area contributed by atoms with E-state index in [0.717, 1.165) is 36.9 Å². The third-order valence-electron chi connectivity index (χ3n) is 3.69. The van der Waals surface area contributed by atoms with Gasteiger partial charge in [-0.1, -0.05) is 19.9 Å². The monoisotopic (exact) mass is 296 g/mol. The molecule has 0 unspecified atom stereocenters. The number of nitrogen functional groups attached to an aromatic ring is 1. The quantitative estimate of drug-likeness (QED) is 0.843. The first-order valence-corrected chi connectivity index (χ1v) is 7.16. The number of hydrogen-bond donors (Lipinski definition) is 1. The lowest BCUT2D eigenvalue weighted by molar-refractivity contribution is 0.0735. The highest BCUT2D eigenvalue weighted by Crippen LogP contribution is 2.29. The van der Waals surface area contributed by atoms with Gasteiger partial charge in [-0.3, -0.25) is 4.79 Å². The molecule has 1 aromatic rings. The topological polar surface area (TPSA) is 46.3 Å². The van der Waals surface area contributed by atoms with Gasteiger partial charge in [0, 0.05) is 23.8 Å². The summed E-state index contributed by atoms with van der Waals surface area (Å²) in [6.07, 6.45) is 3.35. The fourth-order valence-corrected chi connectivity index (χ4v) is 2.26. The predicted molar refractivity (Wildman–Crippen MR) is 86.4 cm³/mol. The molecule has 0 atom stereocenters. The van der Waals surface area contributed by atoms with Crippen LogP contribution in [0.4, 0.5) is 5.69 Å². The normalized spacial score (nSPS) is 14.0. The van der Waals surface area contributed by atoms with Gasteiger partial charge in [-0.2, -0.15) is 0 Å². The summed E-state index contributed by atoms with van der Waals surface area (Å²) in [5.41, 5.74) is 8.24. The second-order valence-electron chi connectivity index (χ2n) is 5.99. The highest BCUT2D eigenvalue weighted by Gasteiger charge is 2.33. The van der Waals surface area contributed by atoms with Crippen molar-refractivity contribution in [2.75, 3.05) is 12.3 Å². The summed E-state index contributed by atoms with van der Waals surface area (Å²) in [5, 5.41) is 0. The molecule has 4 heteroatoms. The molecule has 0 radical (unpaired) electrons. The second kappa shape index (κ2) is 6.98. The van der Waals surface area contributed by atoms with Crippen molar-refractivity contribution < 1.29 is 4.79 Å². The van der Waals surface area contributed by atoms with Gasteiger partial charge in [0.25, 0.3) is 5.91 Å². The Morgan fingerprint density at radius 2 is 2.05 bits per heavy atom. The van der Waals surface area contributed by atoms with Crippen LogP contribution in [-0.4, -0.2) is 23.4 Å². The zero-order chi connectivity index (χ0) is 14.0. The van der Waals surface area contributed by atoms with E-state index in [9.17, 15) is 4.79 Å². The number of rotatable bonds is 5. The zero-order valence-corrected chi connectivity index (χ0v) is 13.4. The first-order chi connectivity index (χ1) is 8.99. The minimum Gasteiger partial charge on any atom is -0.399 e. The van der Waals surface area contributed by atoms with Crippen molar-refractivity contribution in [2.45, 2.75) is 46.1 Å². The summed E-state index contributed by atoms with van der Waals surface area (Å²) in [4.78, 5) is 14.7. The molecule has 112 valence electrons. The molecule has 0 aliphatic heterocycles. The van der Waals surface area contributed by atoms with E-state index in [0.29, 0.717) is 17.6 Å². The Morgan fingerprint density at radius 1 is 1.40 bits per heavy atom. The lowest BCUT2D eigenvalue weighted by atomic mass is 10.1. The highest BCUT2D eigenvalue weighted by molar-refractivity contribution is 5.96. The molecule has 0 bridgehead atoms. The first kappa shape index (κ1) is 16.8. The molecule has 20 heavy (non-hydrogen) atoms. The number of aryl methyl sites for hydroxylation is 1. The molecule has 1 aromatic carbocycles. The third-order valence-corrected chi connectivity index (χ3v) is 3.69. The lowest BCUT2D eigenvalue weighted by Gasteiger charge is -2.24. The maximum Gasteiger partial charge on any atom is 0.254 e. The zero-order valence-electron chi connectivity index (χ0n) is 12.6. The van der Waals surface area contributed by atoms with E-state index >= 15 is 0 Å². The van der Waals surface area contributed by atoms with Gasteiger partial charge in [-0.05, 0) is 49.8 Å². The molecule has 0 aromatic heterocycles. The summed E-state index contributed by atoms with van der Waals surface area (Å²) in [6.45, 7) is 7.22. The summed E-state index contributed by atoms with van der Waals surface area (Å²) in [6, 6.07) is 6.03. The van der Waals surface area contributed by atoms with E-state index in [1.807, 2.05) is 30.0 Å². The van der Waals surface area contributed by atoms with Gasteiger partial charge in [0.05, 0.1) is 0 Å². The molecule has 1 aliphatic rings. The fourth-order valence-electron chi connectivity index (χ4n) is 2.26. The van der Waals surface area contributed by atoms with Gasteiger partial charge in [-0.25, -0.2) is 0 Å². The van der Waals surface area contributed by atoms with E-state index in [-0.39, 0.29) is 18.3 Å². The van der Waals surface area contributed by atoms with Crippen molar-refractivity contribution in [2.24, 2.45) is 5.92 Å². The van der Waals surface area contributed by atoms with Crippen LogP contribution in [0.25, 0.3) is 0 Å². The minimum atomic E-state index is 0. The largest absolute Gasteiger partial charge is 0.399 e. The number of nitrogens with zero attached hydrogens (tertiary/aromatic N) is 1. The Kier molecular flexibility index (Phi) is 5.88. The van der Waals surface area contributed by atoms with Crippen molar-refractivity contribution in [1.82, 2.24) is 4.90 Å². The van der Waals surface area contributed by atoms with Crippen LogP contribution in [-0.2, 0) is 0 Å².